The van der Waals surface area contributed by atoms with Crippen molar-refractivity contribution >= 4 is 5.78 Å². The lowest BCUT2D eigenvalue weighted by Gasteiger charge is -2.27. The molecule has 0 heterocycles. The molecule has 0 fully saturated rings. The molecule has 2 nitrogen and oxygen atoms in total. The summed E-state index contributed by atoms with van der Waals surface area (Å²) in [6.45, 7) is 3.90. The average molecular weight is 248 g/mol. The summed E-state index contributed by atoms with van der Waals surface area (Å²) in [6, 6.07) is 10.1. The van der Waals surface area contributed by atoms with E-state index in [0.29, 0.717) is 25.7 Å². The number of rotatable bonds is 8. The minimum atomic E-state index is -0.822. The van der Waals surface area contributed by atoms with Crippen LogP contribution in [0.5, 0.6) is 0 Å². The standard InChI is InChI=1S/C16H24O2/c1-3-11-16(18,13-15(17)4-2)12-10-14-8-6-5-7-9-14/h5-9,18H,3-4,10-13H2,1-2H3/t16-/m1/s1. The Morgan fingerprint density at radius 3 is 2.39 bits per heavy atom. The van der Waals surface area contributed by atoms with Gasteiger partial charge in [0.2, 0.25) is 0 Å². The number of aryl methyl sites for hydroxylation is 1. The van der Waals surface area contributed by atoms with E-state index in [9.17, 15) is 9.90 Å². The summed E-state index contributed by atoms with van der Waals surface area (Å²) < 4.78 is 0. The molecule has 0 saturated heterocycles. The van der Waals surface area contributed by atoms with E-state index in [1.807, 2.05) is 32.0 Å². The number of Topliss-reactive ketones (excluding diaryl/α,β-unsaturated/α-hetero) is 1. The summed E-state index contributed by atoms with van der Waals surface area (Å²) in [6.07, 6.45) is 3.90. The zero-order valence-electron chi connectivity index (χ0n) is 11.5. The van der Waals surface area contributed by atoms with Crippen LogP contribution in [0.15, 0.2) is 30.3 Å². The third-order valence-electron chi connectivity index (χ3n) is 3.36. The lowest BCUT2D eigenvalue weighted by Crippen LogP contribution is -2.32. The second kappa shape index (κ2) is 7.32. The number of benzene rings is 1. The second-order valence-electron chi connectivity index (χ2n) is 5.03. The van der Waals surface area contributed by atoms with Crippen LogP contribution in [0.1, 0.15) is 51.5 Å². The quantitative estimate of drug-likeness (QED) is 0.764. The maximum atomic E-state index is 11.6. The van der Waals surface area contributed by atoms with Crippen molar-refractivity contribution in [2.45, 2.75) is 58.0 Å². The molecule has 0 aliphatic carbocycles. The molecule has 1 N–H and O–H groups in total. The topological polar surface area (TPSA) is 37.3 Å². The Morgan fingerprint density at radius 1 is 1.17 bits per heavy atom. The number of carbonyl (C=O) groups excluding carboxylic acids is 1. The summed E-state index contributed by atoms with van der Waals surface area (Å²) in [5, 5.41) is 10.6. The number of carbonyl (C=O) groups is 1. The fraction of sp³-hybridized carbons (Fsp3) is 0.562. The van der Waals surface area contributed by atoms with Gasteiger partial charge in [-0.15, -0.1) is 0 Å². The van der Waals surface area contributed by atoms with E-state index in [1.54, 1.807) is 0 Å². The zero-order chi connectivity index (χ0) is 13.4. The molecule has 1 rings (SSSR count). The van der Waals surface area contributed by atoms with E-state index in [4.69, 9.17) is 0 Å². The predicted octanol–water partition coefficient (Wildman–Crippen LogP) is 3.52. The molecule has 0 bridgehead atoms. The molecule has 2 heteroatoms. The monoisotopic (exact) mass is 248 g/mol. The molecule has 1 aromatic carbocycles. The van der Waals surface area contributed by atoms with Crippen molar-refractivity contribution in [3.63, 3.8) is 0 Å². The van der Waals surface area contributed by atoms with Gasteiger partial charge in [-0.3, -0.25) is 4.79 Å². The van der Waals surface area contributed by atoms with Crippen LogP contribution in [0, 0.1) is 0 Å². The van der Waals surface area contributed by atoms with Crippen LogP contribution in [0.3, 0.4) is 0 Å². The molecule has 0 aromatic heterocycles. The Labute approximate surface area is 110 Å². The fourth-order valence-corrected chi connectivity index (χ4v) is 2.28. The normalized spacial score (nSPS) is 14.2. The summed E-state index contributed by atoms with van der Waals surface area (Å²) in [4.78, 5) is 11.6. The minimum Gasteiger partial charge on any atom is -0.389 e. The van der Waals surface area contributed by atoms with Gasteiger partial charge < -0.3 is 5.11 Å². The van der Waals surface area contributed by atoms with E-state index in [1.165, 1.54) is 5.56 Å². The van der Waals surface area contributed by atoms with Crippen molar-refractivity contribution in [3.05, 3.63) is 35.9 Å². The third kappa shape index (κ3) is 5.01. The number of hydrogen-bond donors (Lipinski definition) is 1. The van der Waals surface area contributed by atoms with Crippen molar-refractivity contribution in [1.82, 2.24) is 0 Å². The van der Waals surface area contributed by atoms with Crippen molar-refractivity contribution in [2.24, 2.45) is 0 Å². The van der Waals surface area contributed by atoms with Gasteiger partial charge in [0.05, 0.1) is 5.60 Å². The van der Waals surface area contributed by atoms with Crippen LogP contribution in [-0.2, 0) is 11.2 Å². The van der Waals surface area contributed by atoms with Gasteiger partial charge in [-0.2, -0.15) is 0 Å². The number of ketones is 1. The van der Waals surface area contributed by atoms with E-state index in [-0.39, 0.29) is 5.78 Å². The van der Waals surface area contributed by atoms with Gasteiger partial charge in [0, 0.05) is 12.8 Å². The van der Waals surface area contributed by atoms with Crippen LogP contribution in [0.2, 0.25) is 0 Å². The molecule has 0 spiro atoms. The highest BCUT2D eigenvalue weighted by Gasteiger charge is 2.27. The third-order valence-corrected chi connectivity index (χ3v) is 3.36. The molecule has 1 aromatic rings. The summed E-state index contributed by atoms with van der Waals surface area (Å²) >= 11 is 0. The molecule has 100 valence electrons. The van der Waals surface area contributed by atoms with Crippen molar-refractivity contribution in [1.29, 1.82) is 0 Å². The second-order valence-corrected chi connectivity index (χ2v) is 5.03. The van der Waals surface area contributed by atoms with Gasteiger partial charge in [-0.05, 0) is 24.8 Å². The number of hydrogen-bond acceptors (Lipinski definition) is 2. The predicted molar refractivity (Wildman–Crippen MR) is 74.5 cm³/mol. The SMILES string of the molecule is CCC[C@@](O)(CCc1ccccc1)CC(=O)CC. The first-order chi connectivity index (χ1) is 8.59. The van der Waals surface area contributed by atoms with Crippen molar-refractivity contribution < 1.29 is 9.90 Å². The highest BCUT2D eigenvalue weighted by Crippen LogP contribution is 2.25. The van der Waals surface area contributed by atoms with Gasteiger partial charge in [-0.25, -0.2) is 0 Å². The molecule has 0 unspecified atom stereocenters. The Morgan fingerprint density at radius 2 is 1.83 bits per heavy atom. The largest absolute Gasteiger partial charge is 0.389 e. The molecule has 0 radical (unpaired) electrons. The first-order valence-electron chi connectivity index (χ1n) is 6.87. The molecule has 0 amide bonds. The Bertz CT molecular complexity index is 359. The molecule has 18 heavy (non-hydrogen) atoms. The highest BCUT2D eigenvalue weighted by molar-refractivity contribution is 5.79. The summed E-state index contributed by atoms with van der Waals surface area (Å²) in [5.41, 5.74) is 0.397. The molecule has 0 saturated carbocycles. The Balaban J connectivity index is 2.59. The molecule has 0 aliphatic rings. The highest BCUT2D eigenvalue weighted by atomic mass is 16.3. The summed E-state index contributed by atoms with van der Waals surface area (Å²) in [7, 11) is 0. The van der Waals surface area contributed by atoms with Gasteiger partial charge in [-0.1, -0.05) is 50.6 Å². The van der Waals surface area contributed by atoms with E-state index < -0.39 is 5.60 Å². The van der Waals surface area contributed by atoms with E-state index in [2.05, 4.69) is 12.1 Å². The van der Waals surface area contributed by atoms with Gasteiger partial charge in [0.1, 0.15) is 5.78 Å². The van der Waals surface area contributed by atoms with Crippen molar-refractivity contribution in [3.8, 4) is 0 Å². The first-order valence-corrected chi connectivity index (χ1v) is 6.87. The summed E-state index contributed by atoms with van der Waals surface area (Å²) in [5.74, 6) is 0.152. The van der Waals surface area contributed by atoms with Crippen LogP contribution >= 0.6 is 0 Å². The minimum absolute atomic E-state index is 0.152. The van der Waals surface area contributed by atoms with Crippen LogP contribution < -0.4 is 0 Å². The first kappa shape index (κ1) is 14.9. The number of aliphatic hydroxyl groups is 1. The molecular formula is C16H24O2. The van der Waals surface area contributed by atoms with Gasteiger partial charge in [0.25, 0.3) is 0 Å². The van der Waals surface area contributed by atoms with Crippen molar-refractivity contribution in [2.75, 3.05) is 0 Å². The smallest absolute Gasteiger partial charge is 0.135 e. The van der Waals surface area contributed by atoms with Gasteiger partial charge >= 0.3 is 0 Å². The van der Waals surface area contributed by atoms with E-state index in [0.717, 1.165) is 12.8 Å². The van der Waals surface area contributed by atoms with Crippen LogP contribution in [-0.4, -0.2) is 16.5 Å². The Kier molecular flexibility index (Phi) is 6.06. The molecule has 1 atom stereocenters. The fourth-order valence-electron chi connectivity index (χ4n) is 2.28. The van der Waals surface area contributed by atoms with Crippen LogP contribution in [0.25, 0.3) is 0 Å². The maximum Gasteiger partial charge on any atom is 0.135 e. The lowest BCUT2D eigenvalue weighted by molar-refractivity contribution is -0.124. The Hall–Kier alpha value is -1.15. The van der Waals surface area contributed by atoms with Gasteiger partial charge in [0.15, 0.2) is 0 Å². The van der Waals surface area contributed by atoms with E-state index >= 15 is 0 Å². The molecular weight excluding hydrogens is 224 g/mol. The molecule has 0 aliphatic heterocycles. The zero-order valence-corrected chi connectivity index (χ0v) is 11.5. The average Bonchev–Trinajstić information content (AvgIpc) is 2.38. The maximum absolute atomic E-state index is 11.6. The van der Waals surface area contributed by atoms with Crippen LogP contribution in [0.4, 0.5) is 0 Å². The lowest BCUT2D eigenvalue weighted by atomic mass is 9.85.